The van der Waals surface area contributed by atoms with Crippen LogP contribution in [0.5, 0.6) is 0 Å². The van der Waals surface area contributed by atoms with Gasteiger partial charge in [-0.25, -0.2) is 12.8 Å². The molecule has 0 saturated carbocycles. The van der Waals surface area contributed by atoms with E-state index in [-0.39, 0.29) is 10.8 Å². The Hall–Kier alpha value is -2.25. The van der Waals surface area contributed by atoms with Crippen LogP contribution in [0.15, 0.2) is 47.4 Å². The van der Waals surface area contributed by atoms with Gasteiger partial charge in [0.2, 0.25) is 10.0 Å². The van der Waals surface area contributed by atoms with Crippen molar-refractivity contribution in [3.63, 3.8) is 0 Å². The van der Waals surface area contributed by atoms with Crippen molar-refractivity contribution < 1.29 is 17.6 Å². The van der Waals surface area contributed by atoms with E-state index in [1.54, 1.807) is 23.1 Å². The normalized spacial score (nSPS) is 14.3. The van der Waals surface area contributed by atoms with Crippen LogP contribution in [0.3, 0.4) is 0 Å². The lowest BCUT2D eigenvalue weighted by Gasteiger charge is -2.30. The van der Waals surface area contributed by atoms with Crippen LogP contribution >= 0.6 is 0 Å². The maximum Gasteiger partial charge on any atom is 0.258 e. The molecule has 3 rings (SSSR count). The third-order valence-corrected chi connectivity index (χ3v) is 6.89. The monoisotopic (exact) mass is 390 g/mol. The second kappa shape index (κ2) is 7.78. The molecular weight excluding hydrogens is 367 g/mol. The van der Waals surface area contributed by atoms with Crippen molar-refractivity contribution in [2.45, 2.75) is 31.6 Å². The molecular formula is C20H23FN2O3S. The number of fused-ring (bicyclic) bond motifs is 1. The zero-order valence-corrected chi connectivity index (χ0v) is 16.3. The van der Waals surface area contributed by atoms with Crippen molar-refractivity contribution in [2.24, 2.45) is 0 Å². The summed E-state index contributed by atoms with van der Waals surface area (Å²) in [7, 11) is -3.54. The highest BCUT2D eigenvalue weighted by Crippen LogP contribution is 2.31. The number of benzene rings is 2. The topological polar surface area (TPSA) is 57.7 Å². The summed E-state index contributed by atoms with van der Waals surface area (Å²) in [4.78, 5) is 14.7. The summed E-state index contributed by atoms with van der Waals surface area (Å²) >= 11 is 0. The average Bonchev–Trinajstić information content (AvgIpc) is 2.68. The van der Waals surface area contributed by atoms with E-state index in [1.807, 2.05) is 13.8 Å². The van der Waals surface area contributed by atoms with Gasteiger partial charge in [-0.15, -0.1) is 0 Å². The summed E-state index contributed by atoms with van der Waals surface area (Å²) in [5, 5.41) is 0. The fourth-order valence-corrected chi connectivity index (χ4v) is 4.91. The average molecular weight is 390 g/mol. The van der Waals surface area contributed by atoms with Gasteiger partial charge in [0.1, 0.15) is 5.82 Å². The Balaban J connectivity index is 1.95. The lowest BCUT2D eigenvalue weighted by molar-refractivity contribution is 0.0985. The Morgan fingerprint density at radius 3 is 2.41 bits per heavy atom. The molecule has 144 valence electrons. The minimum Gasteiger partial charge on any atom is -0.308 e. The molecule has 1 aliphatic rings. The Labute approximate surface area is 159 Å². The molecule has 2 aromatic carbocycles. The van der Waals surface area contributed by atoms with Gasteiger partial charge in [0.15, 0.2) is 0 Å². The molecule has 0 saturated heterocycles. The van der Waals surface area contributed by atoms with Gasteiger partial charge in [-0.05, 0) is 60.9 Å². The summed E-state index contributed by atoms with van der Waals surface area (Å²) in [5.41, 5.74) is 1.96. The molecule has 0 bridgehead atoms. The molecule has 0 aliphatic carbocycles. The quantitative estimate of drug-likeness (QED) is 0.786. The molecule has 0 spiro atoms. The first-order valence-electron chi connectivity index (χ1n) is 9.09. The van der Waals surface area contributed by atoms with Gasteiger partial charge in [-0.3, -0.25) is 4.79 Å². The Bertz CT molecular complexity index is 938. The molecule has 5 nitrogen and oxygen atoms in total. The summed E-state index contributed by atoms with van der Waals surface area (Å²) in [6.45, 7) is 4.98. The van der Waals surface area contributed by atoms with Gasteiger partial charge in [-0.1, -0.05) is 13.8 Å². The highest BCUT2D eigenvalue weighted by atomic mass is 32.2. The number of sulfonamides is 1. The van der Waals surface area contributed by atoms with E-state index in [0.29, 0.717) is 37.3 Å². The zero-order chi connectivity index (χ0) is 19.6. The molecule has 7 heteroatoms. The Morgan fingerprint density at radius 1 is 1.11 bits per heavy atom. The molecule has 1 heterocycles. The summed E-state index contributed by atoms with van der Waals surface area (Å²) in [5.74, 6) is -0.604. The van der Waals surface area contributed by atoms with E-state index in [0.717, 1.165) is 12.0 Å². The number of rotatable bonds is 5. The van der Waals surface area contributed by atoms with Crippen LogP contribution in [0.1, 0.15) is 36.2 Å². The molecule has 1 aliphatic heterocycles. The molecule has 0 unspecified atom stereocenters. The Morgan fingerprint density at radius 2 is 1.78 bits per heavy atom. The predicted octanol–water partition coefficient (Wildman–Crippen LogP) is 3.45. The van der Waals surface area contributed by atoms with Gasteiger partial charge >= 0.3 is 0 Å². The van der Waals surface area contributed by atoms with Crippen molar-refractivity contribution >= 4 is 21.6 Å². The first kappa shape index (κ1) is 19.5. The van der Waals surface area contributed by atoms with Crippen molar-refractivity contribution in [1.29, 1.82) is 0 Å². The number of carbonyl (C=O) groups is 1. The largest absolute Gasteiger partial charge is 0.308 e. The number of hydrogen-bond donors (Lipinski definition) is 0. The van der Waals surface area contributed by atoms with Gasteiger partial charge in [0.05, 0.1) is 4.90 Å². The first-order valence-corrected chi connectivity index (χ1v) is 10.5. The highest BCUT2D eigenvalue weighted by molar-refractivity contribution is 7.89. The molecule has 0 radical (unpaired) electrons. The number of carbonyl (C=O) groups excluding carboxylic acids is 1. The molecule has 1 amide bonds. The lowest BCUT2D eigenvalue weighted by atomic mass is 10.0. The van der Waals surface area contributed by atoms with E-state index in [2.05, 4.69) is 0 Å². The van der Waals surface area contributed by atoms with Gasteiger partial charge in [-0.2, -0.15) is 4.31 Å². The highest BCUT2D eigenvalue weighted by Gasteiger charge is 2.27. The molecule has 0 fully saturated rings. The molecule has 2 aromatic rings. The summed E-state index contributed by atoms with van der Waals surface area (Å²) < 4.78 is 40.1. The predicted molar refractivity (Wildman–Crippen MR) is 103 cm³/mol. The van der Waals surface area contributed by atoms with E-state index in [4.69, 9.17) is 0 Å². The smallest absolute Gasteiger partial charge is 0.258 e. The Kier molecular flexibility index (Phi) is 5.62. The second-order valence-electron chi connectivity index (χ2n) is 6.45. The van der Waals surface area contributed by atoms with E-state index >= 15 is 0 Å². The number of nitrogens with zero attached hydrogens (tertiary/aromatic N) is 2. The maximum absolute atomic E-state index is 13.1. The SMILES string of the molecule is CCN(CC)S(=O)(=O)c1ccc2c(c1)CCCN2C(=O)c1ccc(F)cc1. The van der Waals surface area contributed by atoms with Crippen LogP contribution in [0.4, 0.5) is 10.1 Å². The third-order valence-electron chi connectivity index (χ3n) is 4.85. The van der Waals surface area contributed by atoms with Gasteiger partial charge in [0.25, 0.3) is 5.91 Å². The molecule has 27 heavy (non-hydrogen) atoms. The van der Waals surface area contributed by atoms with E-state index in [9.17, 15) is 17.6 Å². The number of anilines is 1. The number of amides is 1. The third kappa shape index (κ3) is 3.75. The van der Waals surface area contributed by atoms with Crippen molar-refractivity contribution in [2.75, 3.05) is 24.5 Å². The van der Waals surface area contributed by atoms with Crippen LogP contribution in [0.25, 0.3) is 0 Å². The molecule has 0 N–H and O–H groups in total. The van der Waals surface area contributed by atoms with Crippen molar-refractivity contribution in [3.8, 4) is 0 Å². The van der Waals surface area contributed by atoms with E-state index in [1.165, 1.54) is 28.6 Å². The first-order chi connectivity index (χ1) is 12.9. The van der Waals surface area contributed by atoms with E-state index < -0.39 is 15.8 Å². The van der Waals surface area contributed by atoms with Crippen molar-refractivity contribution in [1.82, 2.24) is 4.31 Å². The van der Waals surface area contributed by atoms with Crippen LogP contribution < -0.4 is 4.90 Å². The maximum atomic E-state index is 13.1. The standard InChI is InChI=1S/C20H23FN2O3S/c1-3-22(4-2)27(25,26)18-11-12-19-16(14-18)6-5-13-23(19)20(24)15-7-9-17(21)10-8-15/h7-12,14H,3-6,13H2,1-2H3. The number of hydrogen-bond acceptors (Lipinski definition) is 3. The molecule has 0 aromatic heterocycles. The minimum absolute atomic E-state index is 0.213. The van der Waals surface area contributed by atoms with Crippen LogP contribution in [0.2, 0.25) is 0 Å². The van der Waals surface area contributed by atoms with Crippen LogP contribution in [0, 0.1) is 5.82 Å². The fourth-order valence-electron chi connectivity index (χ4n) is 3.41. The number of halogens is 1. The van der Waals surface area contributed by atoms with Crippen molar-refractivity contribution in [3.05, 3.63) is 59.4 Å². The summed E-state index contributed by atoms with van der Waals surface area (Å²) in [6.07, 6.45) is 1.46. The van der Waals surface area contributed by atoms with Crippen LogP contribution in [-0.4, -0.2) is 38.3 Å². The van der Waals surface area contributed by atoms with Gasteiger partial charge in [0, 0.05) is 30.9 Å². The number of aryl methyl sites for hydroxylation is 1. The lowest BCUT2D eigenvalue weighted by Crippen LogP contribution is -2.36. The second-order valence-corrected chi connectivity index (χ2v) is 8.39. The van der Waals surface area contributed by atoms with Gasteiger partial charge < -0.3 is 4.90 Å². The van der Waals surface area contributed by atoms with Crippen LogP contribution in [-0.2, 0) is 16.4 Å². The summed E-state index contributed by atoms with van der Waals surface area (Å²) in [6, 6.07) is 10.4. The zero-order valence-electron chi connectivity index (χ0n) is 15.5. The minimum atomic E-state index is -3.54. The molecule has 0 atom stereocenters. The fraction of sp³-hybridized carbons (Fsp3) is 0.350.